The molecule has 6 nitrogen and oxygen atoms in total. The number of hydrogen-bond acceptors (Lipinski definition) is 5. The van der Waals surface area contributed by atoms with Gasteiger partial charge in [-0.3, -0.25) is 9.69 Å². The van der Waals surface area contributed by atoms with Crippen LogP contribution in [0.5, 0.6) is 5.75 Å². The van der Waals surface area contributed by atoms with Crippen LogP contribution in [0.25, 0.3) is 0 Å². The van der Waals surface area contributed by atoms with Crippen molar-refractivity contribution in [2.75, 3.05) is 38.4 Å². The SMILES string of the molecule is [2H]C1([2H])CN(Cc2ccc(F)cc2)C([2H])([2H])C([2H])(C([2H])([2H])NC(=O)c2cc(Cl)c(N)cc2OCC)O1. The first-order valence-corrected chi connectivity index (χ1v) is 9.15. The van der Waals surface area contributed by atoms with Crippen LogP contribution in [0.2, 0.25) is 5.02 Å². The number of nitrogens with zero attached hydrogens (tertiary/aromatic N) is 1. The molecule has 0 saturated carbocycles. The zero-order valence-corrected chi connectivity index (χ0v) is 16.3. The van der Waals surface area contributed by atoms with Gasteiger partial charge in [-0.25, -0.2) is 4.39 Å². The van der Waals surface area contributed by atoms with E-state index in [-0.39, 0.29) is 35.2 Å². The second kappa shape index (κ2) is 9.91. The van der Waals surface area contributed by atoms with Gasteiger partial charge in [0.15, 0.2) is 0 Å². The zero-order valence-electron chi connectivity index (χ0n) is 22.6. The maximum absolute atomic E-state index is 13.3. The van der Waals surface area contributed by atoms with E-state index >= 15 is 0 Å². The minimum absolute atomic E-state index is 0.0178. The minimum atomic E-state index is -3.29. The number of anilines is 1. The number of benzene rings is 2. The van der Waals surface area contributed by atoms with E-state index in [4.69, 9.17) is 36.4 Å². The molecule has 1 amide bonds. The molecule has 0 aromatic heterocycles. The van der Waals surface area contributed by atoms with Crippen LogP contribution in [0.15, 0.2) is 36.4 Å². The van der Waals surface area contributed by atoms with Crippen LogP contribution in [-0.4, -0.2) is 49.6 Å². The molecule has 1 fully saturated rings. The zero-order chi connectivity index (χ0) is 27.1. The number of halogens is 2. The Labute approximate surface area is 184 Å². The van der Waals surface area contributed by atoms with Gasteiger partial charge in [0.2, 0.25) is 0 Å². The van der Waals surface area contributed by atoms with Gasteiger partial charge in [-0.1, -0.05) is 23.7 Å². The third kappa shape index (κ3) is 5.82. The second-order valence-corrected chi connectivity index (χ2v) is 6.46. The topological polar surface area (TPSA) is 76.8 Å². The molecule has 1 heterocycles. The van der Waals surface area contributed by atoms with Crippen LogP contribution in [0.4, 0.5) is 10.1 Å². The van der Waals surface area contributed by atoms with Gasteiger partial charge in [-0.2, -0.15) is 0 Å². The summed E-state index contributed by atoms with van der Waals surface area (Å²) in [6.07, 6.45) is -3.29. The largest absolute Gasteiger partial charge is 0.493 e. The molecule has 1 saturated heterocycles. The number of nitrogens with one attached hydrogen (secondary N) is 1. The molecule has 0 bridgehead atoms. The quantitative estimate of drug-likeness (QED) is 0.663. The van der Waals surface area contributed by atoms with Crippen molar-refractivity contribution in [3.05, 3.63) is 58.4 Å². The fraction of sp³-hybridized carbons (Fsp3) is 0.381. The lowest BCUT2D eigenvalue weighted by atomic mass is 10.1. The maximum Gasteiger partial charge on any atom is 0.255 e. The van der Waals surface area contributed by atoms with Crippen LogP contribution in [0.3, 0.4) is 0 Å². The summed E-state index contributed by atoms with van der Waals surface area (Å²) in [4.78, 5) is 13.9. The minimum Gasteiger partial charge on any atom is -0.493 e. The Hall–Kier alpha value is -2.35. The molecule has 156 valence electrons. The molecule has 1 aliphatic heterocycles. The smallest absolute Gasteiger partial charge is 0.255 e. The maximum atomic E-state index is 13.3. The number of nitrogens with two attached hydrogens (primary N) is 1. The Bertz CT molecular complexity index is 1140. The molecule has 3 rings (SSSR count). The molecular formula is C21H25ClFN3O3. The second-order valence-electron chi connectivity index (χ2n) is 6.05. The predicted octanol–water partition coefficient (Wildman–Crippen LogP) is 3.09. The number of hydrogen-bond donors (Lipinski definition) is 2. The molecule has 0 radical (unpaired) electrons. The average molecular weight is 429 g/mol. The summed E-state index contributed by atoms with van der Waals surface area (Å²) < 4.78 is 82.6. The summed E-state index contributed by atoms with van der Waals surface area (Å²) in [5.41, 5.74) is 6.02. The molecule has 1 unspecified atom stereocenters. The first-order valence-electron chi connectivity index (χ1n) is 12.3. The van der Waals surface area contributed by atoms with Crippen LogP contribution >= 0.6 is 11.6 Å². The highest BCUT2D eigenvalue weighted by atomic mass is 35.5. The Morgan fingerprint density at radius 1 is 1.52 bits per heavy atom. The van der Waals surface area contributed by atoms with E-state index < -0.39 is 43.9 Å². The summed E-state index contributed by atoms with van der Waals surface area (Å²) in [6, 6.07) is 7.41. The molecule has 3 N–H and O–H groups in total. The summed E-state index contributed by atoms with van der Waals surface area (Å²) >= 11 is 6.01. The summed E-state index contributed by atoms with van der Waals surface area (Å²) in [6.45, 7) is -8.09. The Kier molecular flexibility index (Phi) is 4.72. The highest BCUT2D eigenvalue weighted by Gasteiger charge is 2.22. The molecule has 1 atom stereocenters. The van der Waals surface area contributed by atoms with E-state index in [1.807, 2.05) is 5.32 Å². The van der Waals surface area contributed by atoms with Crippen LogP contribution in [0, 0.1) is 5.82 Å². The third-order valence-electron chi connectivity index (χ3n) is 3.91. The first-order chi connectivity index (χ1) is 16.5. The van der Waals surface area contributed by atoms with Crippen LogP contribution in [0.1, 0.15) is 32.4 Å². The van der Waals surface area contributed by atoms with E-state index in [9.17, 15) is 9.18 Å². The summed E-state index contributed by atoms with van der Waals surface area (Å²) in [5, 5.41) is 1.92. The van der Waals surface area contributed by atoms with Crippen molar-refractivity contribution in [3.8, 4) is 5.75 Å². The van der Waals surface area contributed by atoms with Gasteiger partial charge in [0.25, 0.3) is 5.91 Å². The highest BCUT2D eigenvalue weighted by Crippen LogP contribution is 2.29. The molecule has 0 spiro atoms. The van der Waals surface area contributed by atoms with Crippen LogP contribution in [-0.2, 0) is 11.3 Å². The van der Waals surface area contributed by atoms with Crippen molar-refractivity contribution < 1.29 is 28.3 Å². The van der Waals surface area contributed by atoms with Gasteiger partial charge in [-0.15, -0.1) is 0 Å². The van der Waals surface area contributed by atoms with Gasteiger partial charge in [0.1, 0.15) is 11.6 Å². The van der Waals surface area contributed by atoms with Crippen LogP contribution < -0.4 is 15.8 Å². The third-order valence-corrected chi connectivity index (χ3v) is 4.24. The first kappa shape index (κ1) is 13.8. The summed E-state index contributed by atoms with van der Waals surface area (Å²) in [7, 11) is 0. The van der Waals surface area contributed by atoms with E-state index in [2.05, 4.69) is 0 Å². The normalized spacial score (nSPS) is 27.2. The van der Waals surface area contributed by atoms with E-state index in [1.165, 1.54) is 18.2 Å². The van der Waals surface area contributed by atoms with E-state index in [0.29, 0.717) is 5.56 Å². The molecule has 1 aliphatic rings. The number of carbonyl (C=O) groups excluding carboxylic acids is 1. The Morgan fingerprint density at radius 2 is 2.28 bits per heavy atom. The predicted molar refractivity (Wildman–Crippen MR) is 111 cm³/mol. The lowest BCUT2D eigenvalue weighted by Gasteiger charge is -2.33. The van der Waals surface area contributed by atoms with E-state index in [0.717, 1.165) is 23.1 Å². The lowest BCUT2D eigenvalue weighted by molar-refractivity contribution is -0.0292. The van der Waals surface area contributed by atoms with Gasteiger partial charge in [-0.05, 0) is 30.7 Å². The van der Waals surface area contributed by atoms with Gasteiger partial charge >= 0.3 is 0 Å². The molecule has 0 aliphatic carbocycles. The van der Waals surface area contributed by atoms with Crippen molar-refractivity contribution in [2.45, 2.75) is 19.5 Å². The van der Waals surface area contributed by atoms with E-state index in [1.54, 1.807) is 6.92 Å². The fourth-order valence-corrected chi connectivity index (χ4v) is 2.71. The van der Waals surface area contributed by atoms with Gasteiger partial charge < -0.3 is 20.5 Å². The monoisotopic (exact) mass is 428 g/mol. The lowest BCUT2D eigenvalue weighted by Crippen LogP contribution is -2.47. The molecular weight excluding hydrogens is 397 g/mol. The number of carbonyl (C=O) groups is 1. The Balaban J connectivity index is 1.97. The average Bonchev–Trinajstić information content (AvgIpc) is 2.75. The van der Waals surface area contributed by atoms with Gasteiger partial charge in [0, 0.05) is 34.9 Å². The molecule has 29 heavy (non-hydrogen) atoms. The molecule has 2 aromatic rings. The van der Waals surface area contributed by atoms with Crippen molar-refractivity contribution in [1.82, 2.24) is 10.2 Å². The number of nitrogen functional groups attached to an aromatic ring is 1. The standard InChI is InChI=1S/C21H25ClFN3O3/c1-2-28-20-10-19(24)18(22)9-17(20)21(27)25-11-16-13-26(7-8-29-16)12-14-3-5-15(23)6-4-14/h3-6,9-10,16H,2,7-8,11-13,24H2,1H3,(H,25,27)/i8D2,11D2,13D2,16D. The van der Waals surface area contributed by atoms with Crippen molar-refractivity contribution in [3.63, 3.8) is 0 Å². The number of morpholine rings is 1. The summed E-state index contributed by atoms with van der Waals surface area (Å²) in [5.74, 6) is -1.66. The number of rotatable bonds is 7. The molecule has 2 aromatic carbocycles. The van der Waals surface area contributed by atoms with Gasteiger partial charge in [0.05, 0.1) is 42.4 Å². The van der Waals surface area contributed by atoms with Crippen molar-refractivity contribution >= 4 is 23.2 Å². The molecule has 8 heteroatoms. The number of amides is 1. The van der Waals surface area contributed by atoms with Crippen molar-refractivity contribution in [1.29, 1.82) is 0 Å². The fourth-order valence-electron chi connectivity index (χ4n) is 2.55. The number of ether oxygens (including phenoxy) is 2. The highest BCUT2D eigenvalue weighted by molar-refractivity contribution is 6.33. The van der Waals surface area contributed by atoms with Crippen molar-refractivity contribution in [2.24, 2.45) is 0 Å². The Morgan fingerprint density at radius 3 is 3.00 bits per heavy atom.